The zero-order valence-corrected chi connectivity index (χ0v) is 13.9. The Kier molecular flexibility index (Phi) is 4.76. The number of anilines is 4. The lowest BCUT2D eigenvalue weighted by atomic mass is 10.2. The predicted molar refractivity (Wildman–Crippen MR) is 97.9 cm³/mol. The van der Waals surface area contributed by atoms with E-state index in [0.29, 0.717) is 28.7 Å². The number of aromatic carboxylic acids is 1. The number of aromatic nitrogens is 2. The molecule has 26 heavy (non-hydrogen) atoms. The fourth-order valence-electron chi connectivity index (χ4n) is 2.35. The number of carbonyl (C=O) groups is 1. The number of nitrogens with zero attached hydrogens (tertiary/aromatic N) is 3. The quantitative estimate of drug-likeness (QED) is 0.644. The molecule has 3 aromatic rings. The van der Waals surface area contributed by atoms with E-state index in [9.17, 15) is 4.79 Å². The highest BCUT2D eigenvalue weighted by atomic mass is 16.4. The zero-order chi connectivity index (χ0) is 18.5. The molecule has 0 radical (unpaired) electrons. The van der Waals surface area contributed by atoms with E-state index in [1.54, 1.807) is 49.4 Å². The monoisotopic (exact) mass is 345 g/mol. The van der Waals surface area contributed by atoms with Crippen LogP contribution in [0.15, 0.2) is 54.6 Å². The highest BCUT2D eigenvalue weighted by Crippen LogP contribution is 2.21. The smallest absolute Gasteiger partial charge is 0.335 e. The van der Waals surface area contributed by atoms with Crippen molar-refractivity contribution in [2.45, 2.75) is 6.92 Å². The fourth-order valence-corrected chi connectivity index (χ4v) is 2.35. The molecule has 0 aliphatic carbocycles. The molecule has 0 unspecified atom stereocenters. The standard InChI is InChI=1S/C19H15N5O2/c1-12-21-17(23-15-7-5-13(11-20)6-8-15)10-18(22-12)24-16-4-2-3-14(9-16)19(25)26/h2-10H,1H3,(H,25,26)(H2,21,22,23,24). The molecule has 0 saturated heterocycles. The Bertz CT molecular complexity index is 994. The molecule has 1 heterocycles. The topological polar surface area (TPSA) is 111 Å². The summed E-state index contributed by atoms with van der Waals surface area (Å²) in [6.07, 6.45) is 0. The molecule has 7 heteroatoms. The molecule has 0 fully saturated rings. The normalized spacial score (nSPS) is 10.0. The van der Waals surface area contributed by atoms with Crippen molar-refractivity contribution in [1.29, 1.82) is 5.26 Å². The van der Waals surface area contributed by atoms with Crippen molar-refractivity contribution >= 4 is 29.0 Å². The fraction of sp³-hybridized carbons (Fsp3) is 0.0526. The second-order valence-corrected chi connectivity index (χ2v) is 5.51. The van der Waals surface area contributed by atoms with Gasteiger partial charge in [-0.25, -0.2) is 14.8 Å². The van der Waals surface area contributed by atoms with Crippen LogP contribution in [0, 0.1) is 18.3 Å². The maximum atomic E-state index is 11.1. The van der Waals surface area contributed by atoms with Gasteiger partial charge in [0.2, 0.25) is 0 Å². The van der Waals surface area contributed by atoms with Gasteiger partial charge in [0.15, 0.2) is 0 Å². The van der Waals surface area contributed by atoms with Gasteiger partial charge in [-0.05, 0) is 49.4 Å². The SMILES string of the molecule is Cc1nc(Nc2ccc(C#N)cc2)cc(Nc2cccc(C(=O)O)c2)n1. The number of benzene rings is 2. The Morgan fingerprint density at radius 1 is 1.00 bits per heavy atom. The summed E-state index contributed by atoms with van der Waals surface area (Å²) in [6.45, 7) is 1.77. The predicted octanol–water partition coefficient (Wildman–Crippen LogP) is 3.84. The number of carboxylic acids is 1. The maximum Gasteiger partial charge on any atom is 0.335 e. The van der Waals surface area contributed by atoms with Crippen LogP contribution >= 0.6 is 0 Å². The van der Waals surface area contributed by atoms with Gasteiger partial charge in [0.1, 0.15) is 17.5 Å². The van der Waals surface area contributed by atoms with Gasteiger partial charge < -0.3 is 15.7 Å². The summed E-state index contributed by atoms with van der Waals surface area (Å²) in [6, 6.07) is 17.3. The summed E-state index contributed by atoms with van der Waals surface area (Å²) in [4.78, 5) is 19.7. The van der Waals surface area contributed by atoms with Crippen LogP contribution in [0.5, 0.6) is 0 Å². The molecular formula is C19H15N5O2. The van der Waals surface area contributed by atoms with Gasteiger partial charge >= 0.3 is 5.97 Å². The second kappa shape index (κ2) is 7.32. The van der Waals surface area contributed by atoms with E-state index >= 15 is 0 Å². The number of hydrogen-bond acceptors (Lipinski definition) is 6. The van der Waals surface area contributed by atoms with Crippen LogP contribution in [-0.4, -0.2) is 21.0 Å². The summed E-state index contributed by atoms with van der Waals surface area (Å²) in [5.74, 6) is 0.687. The van der Waals surface area contributed by atoms with Crippen LogP contribution in [0.3, 0.4) is 0 Å². The van der Waals surface area contributed by atoms with Gasteiger partial charge in [-0.15, -0.1) is 0 Å². The van der Waals surface area contributed by atoms with Crippen LogP contribution in [0.2, 0.25) is 0 Å². The minimum atomic E-state index is -0.990. The lowest BCUT2D eigenvalue weighted by Gasteiger charge is -2.11. The summed E-state index contributed by atoms with van der Waals surface area (Å²) in [7, 11) is 0. The van der Waals surface area contributed by atoms with E-state index in [4.69, 9.17) is 10.4 Å². The highest BCUT2D eigenvalue weighted by molar-refractivity contribution is 5.89. The van der Waals surface area contributed by atoms with Crippen molar-refractivity contribution < 1.29 is 9.90 Å². The van der Waals surface area contributed by atoms with E-state index in [1.165, 1.54) is 12.1 Å². The first-order valence-corrected chi connectivity index (χ1v) is 7.77. The van der Waals surface area contributed by atoms with Crippen LogP contribution < -0.4 is 10.6 Å². The third-order valence-corrected chi connectivity index (χ3v) is 3.51. The molecule has 0 atom stereocenters. The molecule has 3 rings (SSSR count). The first-order chi connectivity index (χ1) is 12.5. The molecule has 0 amide bonds. The van der Waals surface area contributed by atoms with Crippen LogP contribution in [-0.2, 0) is 0 Å². The largest absolute Gasteiger partial charge is 0.478 e. The molecule has 128 valence electrons. The highest BCUT2D eigenvalue weighted by Gasteiger charge is 2.06. The zero-order valence-electron chi connectivity index (χ0n) is 13.9. The molecule has 2 aromatic carbocycles. The molecule has 0 saturated carbocycles. The minimum absolute atomic E-state index is 0.191. The van der Waals surface area contributed by atoms with E-state index < -0.39 is 5.97 Å². The molecule has 0 aliphatic heterocycles. The Balaban J connectivity index is 1.82. The number of rotatable bonds is 5. The van der Waals surface area contributed by atoms with Gasteiger partial charge in [0.25, 0.3) is 0 Å². The Hall–Kier alpha value is -3.92. The second-order valence-electron chi connectivity index (χ2n) is 5.51. The number of nitriles is 1. The first kappa shape index (κ1) is 16.9. The van der Waals surface area contributed by atoms with Crippen molar-refractivity contribution in [3.8, 4) is 6.07 Å². The van der Waals surface area contributed by atoms with Crippen molar-refractivity contribution in [3.63, 3.8) is 0 Å². The number of carboxylic acid groups (broad SMARTS) is 1. The third kappa shape index (κ3) is 4.13. The van der Waals surface area contributed by atoms with Gasteiger partial charge in [0.05, 0.1) is 17.2 Å². The average molecular weight is 345 g/mol. The number of aryl methyl sites for hydroxylation is 1. The van der Waals surface area contributed by atoms with Gasteiger partial charge in [-0.2, -0.15) is 5.26 Å². The molecule has 7 nitrogen and oxygen atoms in total. The minimum Gasteiger partial charge on any atom is -0.478 e. The van der Waals surface area contributed by atoms with E-state index in [-0.39, 0.29) is 5.56 Å². The molecule has 0 spiro atoms. The van der Waals surface area contributed by atoms with Gasteiger partial charge in [-0.3, -0.25) is 0 Å². The molecule has 0 aliphatic rings. The van der Waals surface area contributed by atoms with Crippen molar-refractivity contribution in [3.05, 3.63) is 71.5 Å². The van der Waals surface area contributed by atoms with Crippen molar-refractivity contribution in [1.82, 2.24) is 9.97 Å². The third-order valence-electron chi connectivity index (χ3n) is 3.51. The maximum absolute atomic E-state index is 11.1. The van der Waals surface area contributed by atoms with Crippen molar-refractivity contribution in [2.75, 3.05) is 10.6 Å². The van der Waals surface area contributed by atoms with E-state index in [1.807, 2.05) is 0 Å². The van der Waals surface area contributed by atoms with Crippen LogP contribution in [0.1, 0.15) is 21.7 Å². The Morgan fingerprint density at radius 2 is 1.65 bits per heavy atom. The summed E-state index contributed by atoms with van der Waals surface area (Å²) in [5, 5.41) is 24.2. The summed E-state index contributed by atoms with van der Waals surface area (Å²) >= 11 is 0. The lowest BCUT2D eigenvalue weighted by Crippen LogP contribution is -2.02. The molecule has 0 bridgehead atoms. The number of hydrogen-bond donors (Lipinski definition) is 3. The van der Waals surface area contributed by atoms with Crippen LogP contribution in [0.4, 0.5) is 23.0 Å². The van der Waals surface area contributed by atoms with E-state index in [0.717, 1.165) is 5.69 Å². The first-order valence-electron chi connectivity index (χ1n) is 7.77. The lowest BCUT2D eigenvalue weighted by molar-refractivity contribution is 0.0697. The molecular weight excluding hydrogens is 330 g/mol. The summed E-state index contributed by atoms with van der Waals surface area (Å²) in [5.41, 5.74) is 2.18. The molecule has 3 N–H and O–H groups in total. The Labute approximate surface area is 150 Å². The molecule has 1 aromatic heterocycles. The average Bonchev–Trinajstić information content (AvgIpc) is 2.62. The summed E-state index contributed by atoms with van der Waals surface area (Å²) < 4.78 is 0. The van der Waals surface area contributed by atoms with Crippen LogP contribution in [0.25, 0.3) is 0 Å². The van der Waals surface area contributed by atoms with Crippen molar-refractivity contribution in [2.24, 2.45) is 0 Å². The van der Waals surface area contributed by atoms with Gasteiger partial charge in [-0.1, -0.05) is 6.07 Å². The van der Waals surface area contributed by atoms with E-state index in [2.05, 4.69) is 26.7 Å². The Morgan fingerprint density at radius 3 is 2.27 bits per heavy atom. The van der Waals surface area contributed by atoms with Gasteiger partial charge in [0, 0.05) is 17.4 Å². The number of nitrogens with one attached hydrogen (secondary N) is 2.